The molecule has 4 atom stereocenters. The number of fused-ring (bicyclic) bond motifs is 1. The molecule has 0 aliphatic heterocycles. The fraction of sp³-hybridized carbons (Fsp3) is 0.615. The van der Waals surface area contributed by atoms with Crippen molar-refractivity contribution in [2.45, 2.75) is 36.6 Å². The van der Waals surface area contributed by atoms with Crippen LogP contribution in [0.15, 0.2) is 23.8 Å². The molecule has 3 aliphatic rings. The number of rotatable bonds is 0. The van der Waals surface area contributed by atoms with Crippen molar-refractivity contribution < 1.29 is 9.90 Å². The Bertz CT molecular complexity index is 422. The van der Waals surface area contributed by atoms with Gasteiger partial charge in [-0.3, -0.25) is 4.79 Å². The third-order valence-corrected chi connectivity index (χ3v) is 5.30. The van der Waals surface area contributed by atoms with Crippen LogP contribution in [0.1, 0.15) is 26.2 Å². The van der Waals surface area contributed by atoms with Crippen LogP contribution in [-0.4, -0.2) is 21.3 Å². The summed E-state index contributed by atoms with van der Waals surface area (Å²) < 4.78 is 0. The highest BCUT2D eigenvalue weighted by Crippen LogP contribution is 2.61. The summed E-state index contributed by atoms with van der Waals surface area (Å²) in [5.74, 6) is 0.418. The Morgan fingerprint density at radius 2 is 2.31 bits per heavy atom. The molecule has 0 heterocycles. The highest BCUT2D eigenvalue weighted by molar-refractivity contribution is 9.09. The molecule has 0 aromatic heterocycles. The molecule has 3 heteroatoms. The zero-order valence-corrected chi connectivity index (χ0v) is 10.8. The SMILES string of the molecule is C[C@]1(O)C[C@@]23C=CC(=O)C=C2[C@@H](Br)C[C@H]1C3. The highest BCUT2D eigenvalue weighted by atomic mass is 79.9. The maximum Gasteiger partial charge on any atom is 0.178 e. The third kappa shape index (κ3) is 1.31. The Balaban J connectivity index is 2.10. The first-order valence-corrected chi connectivity index (χ1v) is 6.66. The smallest absolute Gasteiger partial charge is 0.178 e. The van der Waals surface area contributed by atoms with Crippen LogP contribution >= 0.6 is 15.9 Å². The van der Waals surface area contributed by atoms with E-state index in [9.17, 15) is 9.90 Å². The zero-order valence-electron chi connectivity index (χ0n) is 9.24. The average Bonchev–Trinajstić information content (AvgIpc) is 2.39. The molecule has 2 fully saturated rings. The predicted octanol–water partition coefficient (Wildman–Crippen LogP) is 2.37. The second kappa shape index (κ2) is 3.08. The molecule has 2 nitrogen and oxygen atoms in total. The number of aliphatic hydroxyl groups is 1. The lowest BCUT2D eigenvalue weighted by atomic mass is 9.69. The van der Waals surface area contributed by atoms with Gasteiger partial charge in [-0.2, -0.15) is 0 Å². The molecule has 1 N–H and O–H groups in total. The second-order valence-electron chi connectivity index (χ2n) is 5.63. The van der Waals surface area contributed by atoms with E-state index in [2.05, 4.69) is 15.9 Å². The van der Waals surface area contributed by atoms with Crippen LogP contribution in [0.5, 0.6) is 0 Å². The maximum absolute atomic E-state index is 11.5. The Hall–Kier alpha value is -0.410. The van der Waals surface area contributed by atoms with Crippen LogP contribution in [0.4, 0.5) is 0 Å². The second-order valence-corrected chi connectivity index (χ2v) is 6.74. The normalized spacial score (nSPS) is 50.2. The van der Waals surface area contributed by atoms with E-state index in [1.54, 1.807) is 12.2 Å². The van der Waals surface area contributed by atoms with Gasteiger partial charge in [0.05, 0.1) is 5.60 Å². The molecule has 0 aromatic rings. The molecule has 1 spiro atoms. The summed E-state index contributed by atoms with van der Waals surface area (Å²) in [6, 6.07) is 0. The van der Waals surface area contributed by atoms with Crippen LogP contribution in [0.3, 0.4) is 0 Å². The third-order valence-electron chi connectivity index (χ3n) is 4.43. The van der Waals surface area contributed by atoms with E-state index < -0.39 is 5.60 Å². The maximum atomic E-state index is 11.5. The number of allylic oxidation sites excluding steroid dienone is 4. The van der Waals surface area contributed by atoms with E-state index in [1.807, 2.05) is 13.0 Å². The van der Waals surface area contributed by atoms with Gasteiger partial charge in [0.15, 0.2) is 5.78 Å². The van der Waals surface area contributed by atoms with Gasteiger partial charge in [0, 0.05) is 10.2 Å². The van der Waals surface area contributed by atoms with E-state index in [0.717, 1.165) is 19.3 Å². The molecule has 0 radical (unpaired) electrons. The van der Waals surface area contributed by atoms with Gasteiger partial charge < -0.3 is 5.11 Å². The molecule has 2 saturated carbocycles. The van der Waals surface area contributed by atoms with Crippen molar-refractivity contribution in [2.24, 2.45) is 11.3 Å². The minimum Gasteiger partial charge on any atom is -0.390 e. The van der Waals surface area contributed by atoms with Gasteiger partial charge in [0.2, 0.25) is 0 Å². The standard InChI is InChI=1S/C13H15BrO2/c1-12(16)7-13-3-2-9(15)5-10(13)11(14)4-8(12)6-13/h2-3,5,8,11,16H,4,6-7H2,1H3/t8-,11-,12-,13-/m0/s1. The zero-order chi connectivity index (χ0) is 11.6. The molecule has 16 heavy (non-hydrogen) atoms. The predicted molar refractivity (Wildman–Crippen MR) is 65.3 cm³/mol. The number of carbonyl (C=O) groups excluding carboxylic acids is 1. The minimum atomic E-state index is -0.591. The number of alkyl halides is 1. The lowest BCUT2D eigenvalue weighted by Crippen LogP contribution is -2.32. The van der Waals surface area contributed by atoms with Crippen LogP contribution in [0.25, 0.3) is 0 Å². The molecule has 2 bridgehead atoms. The first-order chi connectivity index (χ1) is 7.43. The van der Waals surface area contributed by atoms with E-state index >= 15 is 0 Å². The Morgan fingerprint density at radius 3 is 3.06 bits per heavy atom. The molecule has 86 valence electrons. The molecule has 3 rings (SSSR count). The lowest BCUT2D eigenvalue weighted by Gasteiger charge is -2.37. The van der Waals surface area contributed by atoms with Crippen LogP contribution < -0.4 is 0 Å². The van der Waals surface area contributed by atoms with E-state index in [1.165, 1.54) is 5.57 Å². The van der Waals surface area contributed by atoms with Gasteiger partial charge in [-0.1, -0.05) is 22.0 Å². The van der Waals surface area contributed by atoms with Gasteiger partial charge >= 0.3 is 0 Å². The van der Waals surface area contributed by atoms with E-state index in [0.29, 0.717) is 5.92 Å². The van der Waals surface area contributed by atoms with Gasteiger partial charge in [-0.05, 0) is 49.8 Å². The number of carbonyl (C=O) groups is 1. The fourth-order valence-corrected chi connectivity index (χ4v) is 4.70. The van der Waals surface area contributed by atoms with Crippen LogP contribution in [0, 0.1) is 11.3 Å². The van der Waals surface area contributed by atoms with Crippen molar-refractivity contribution in [1.29, 1.82) is 0 Å². The van der Waals surface area contributed by atoms with Crippen molar-refractivity contribution in [3.63, 3.8) is 0 Å². The summed E-state index contributed by atoms with van der Waals surface area (Å²) in [6.07, 6.45) is 8.11. The molecule has 0 saturated heterocycles. The van der Waals surface area contributed by atoms with Gasteiger partial charge in [-0.25, -0.2) is 0 Å². The monoisotopic (exact) mass is 282 g/mol. The van der Waals surface area contributed by atoms with Crippen molar-refractivity contribution in [1.82, 2.24) is 0 Å². The van der Waals surface area contributed by atoms with Crippen LogP contribution in [-0.2, 0) is 4.79 Å². The molecular weight excluding hydrogens is 268 g/mol. The quantitative estimate of drug-likeness (QED) is 0.693. The minimum absolute atomic E-state index is 0.0610. The molecule has 0 amide bonds. The molecule has 3 aliphatic carbocycles. The fourth-order valence-electron chi connectivity index (χ4n) is 3.66. The number of ketones is 1. The summed E-state index contributed by atoms with van der Waals surface area (Å²) in [5, 5.41) is 10.4. The largest absolute Gasteiger partial charge is 0.390 e. The van der Waals surface area contributed by atoms with Gasteiger partial charge in [-0.15, -0.1) is 0 Å². The summed E-state index contributed by atoms with van der Waals surface area (Å²) in [7, 11) is 0. The van der Waals surface area contributed by atoms with E-state index in [4.69, 9.17) is 0 Å². The van der Waals surface area contributed by atoms with Crippen molar-refractivity contribution in [3.8, 4) is 0 Å². The lowest BCUT2D eigenvalue weighted by molar-refractivity contribution is -0.110. The first kappa shape index (κ1) is 10.7. The first-order valence-electron chi connectivity index (χ1n) is 5.75. The Morgan fingerprint density at radius 1 is 1.56 bits per heavy atom. The molecule has 0 unspecified atom stereocenters. The average molecular weight is 283 g/mol. The molecular formula is C13H15BrO2. The van der Waals surface area contributed by atoms with Crippen molar-refractivity contribution in [2.75, 3.05) is 0 Å². The van der Waals surface area contributed by atoms with E-state index in [-0.39, 0.29) is 16.0 Å². The summed E-state index contributed by atoms with van der Waals surface area (Å²) in [4.78, 5) is 11.7. The van der Waals surface area contributed by atoms with Gasteiger partial charge in [0.1, 0.15) is 0 Å². The summed E-state index contributed by atoms with van der Waals surface area (Å²) >= 11 is 3.66. The Labute approximate surface area is 104 Å². The summed E-state index contributed by atoms with van der Waals surface area (Å²) in [5.41, 5.74) is 0.523. The topological polar surface area (TPSA) is 37.3 Å². The molecule has 0 aromatic carbocycles. The Kier molecular flexibility index (Phi) is 2.06. The number of hydrogen-bond donors (Lipinski definition) is 1. The van der Waals surface area contributed by atoms with Crippen LogP contribution in [0.2, 0.25) is 0 Å². The van der Waals surface area contributed by atoms with Gasteiger partial charge in [0.25, 0.3) is 0 Å². The number of halogens is 1. The van der Waals surface area contributed by atoms with Crippen molar-refractivity contribution in [3.05, 3.63) is 23.8 Å². The number of hydrogen-bond acceptors (Lipinski definition) is 2. The highest BCUT2D eigenvalue weighted by Gasteiger charge is 2.57. The van der Waals surface area contributed by atoms with Crippen molar-refractivity contribution >= 4 is 21.7 Å². The summed E-state index contributed by atoms with van der Waals surface area (Å²) in [6.45, 7) is 1.93.